The zero-order valence-electron chi connectivity index (χ0n) is 10.6. The van der Waals surface area contributed by atoms with Crippen LogP contribution in [0.25, 0.3) is 0 Å². The number of anilines is 2. The Balaban J connectivity index is 2.50. The first-order chi connectivity index (χ1) is 9.15. The molecule has 6 nitrogen and oxygen atoms in total. The van der Waals surface area contributed by atoms with Gasteiger partial charge in [0.1, 0.15) is 11.3 Å². The molecular formula is C13H13N3O3. The van der Waals surface area contributed by atoms with E-state index in [4.69, 9.17) is 9.84 Å². The topological polar surface area (TPSA) is 75.5 Å². The minimum atomic E-state index is -1.05. The Morgan fingerprint density at radius 3 is 2.74 bits per heavy atom. The molecule has 0 aliphatic carbocycles. The summed E-state index contributed by atoms with van der Waals surface area (Å²) >= 11 is 0. The van der Waals surface area contributed by atoms with Crippen molar-refractivity contribution in [1.82, 2.24) is 10.2 Å². The predicted molar refractivity (Wildman–Crippen MR) is 70.0 cm³/mol. The molecule has 0 unspecified atom stereocenters. The van der Waals surface area contributed by atoms with Crippen LogP contribution >= 0.6 is 0 Å². The van der Waals surface area contributed by atoms with Gasteiger partial charge in [0.2, 0.25) is 0 Å². The molecule has 0 aliphatic heterocycles. The second-order valence-electron chi connectivity index (χ2n) is 3.80. The number of rotatable bonds is 4. The van der Waals surface area contributed by atoms with Crippen molar-refractivity contribution in [2.75, 3.05) is 19.1 Å². The molecule has 1 N–H and O–H groups in total. The molecule has 6 heteroatoms. The number of carboxylic acids is 1. The van der Waals surface area contributed by atoms with E-state index in [0.29, 0.717) is 11.4 Å². The molecular weight excluding hydrogens is 246 g/mol. The van der Waals surface area contributed by atoms with Crippen LogP contribution in [0.3, 0.4) is 0 Å². The molecule has 0 bridgehead atoms. The lowest BCUT2D eigenvalue weighted by atomic mass is 10.2. The molecule has 0 spiro atoms. The maximum absolute atomic E-state index is 11.2. The number of hydrogen-bond acceptors (Lipinski definition) is 5. The maximum atomic E-state index is 11.2. The van der Waals surface area contributed by atoms with Gasteiger partial charge in [-0.25, -0.2) is 4.79 Å². The number of carboxylic acid groups (broad SMARTS) is 1. The summed E-state index contributed by atoms with van der Waals surface area (Å²) in [5, 5.41) is 16.8. The van der Waals surface area contributed by atoms with E-state index < -0.39 is 5.97 Å². The van der Waals surface area contributed by atoms with E-state index in [9.17, 15) is 4.79 Å². The molecule has 0 saturated carbocycles. The lowest BCUT2D eigenvalue weighted by Crippen LogP contribution is -2.17. The summed E-state index contributed by atoms with van der Waals surface area (Å²) in [7, 11) is 3.27. The molecule has 0 radical (unpaired) electrons. The number of nitrogens with zero attached hydrogens (tertiary/aromatic N) is 3. The van der Waals surface area contributed by atoms with Gasteiger partial charge in [-0.05, 0) is 18.2 Å². The van der Waals surface area contributed by atoms with Gasteiger partial charge in [0.25, 0.3) is 0 Å². The van der Waals surface area contributed by atoms with Gasteiger partial charge in [0, 0.05) is 7.05 Å². The molecule has 0 saturated heterocycles. The summed E-state index contributed by atoms with van der Waals surface area (Å²) in [6.45, 7) is 0. The van der Waals surface area contributed by atoms with Gasteiger partial charge < -0.3 is 14.7 Å². The fourth-order valence-electron chi connectivity index (χ4n) is 1.76. The van der Waals surface area contributed by atoms with Gasteiger partial charge >= 0.3 is 5.97 Å². The predicted octanol–water partition coefficient (Wildman–Crippen LogP) is 1.95. The van der Waals surface area contributed by atoms with Crippen molar-refractivity contribution in [3.05, 3.63) is 42.1 Å². The third kappa shape index (κ3) is 2.47. The molecule has 1 aromatic carbocycles. The molecule has 1 heterocycles. The zero-order chi connectivity index (χ0) is 13.8. The summed E-state index contributed by atoms with van der Waals surface area (Å²) in [6, 6.07) is 8.70. The van der Waals surface area contributed by atoms with Gasteiger partial charge in [-0.15, -0.1) is 5.10 Å². The average Bonchev–Trinajstić information content (AvgIpc) is 2.46. The normalized spacial score (nSPS) is 10.0. The third-order valence-corrected chi connectivity index (χ3v) is 2.70. The van der Waals surface area contributed by atoms with Crippen molar-refractivity contribution in [3.63, 3.8) is 0 Å². The molecule has 19 heavy (non-hydrogen) atoms. The summed E-state index contributed by atoms with van der Waals surface area (Å²) in [5.41, 5.74) is 0.802. The van der Waals surface area contributed by atoms with E-state index in [1.807, 2.05) is 18.2 Å². The minimum Gasteiger partial charge on any atom is -0.495 e. The van der Waals surface area contributed by atoms with Crippen molar-refractivity contribution >= 4 is 17.5 Å². The monoisotopic (exact) mass is 259 g/mol. The lowest BCUT2D eigenvalue weighted by molar-refractivity contribution is 0.0697. The van der Waals surface area contributed by atoms with E-state index in [1.165, 1.54) is 12.3 Å². The summed E-state index contributed by atoms with van der Waals surface area (Å²) < 4.78 is 5.25. The van der Waals surface area contributed by atoms with Crippen LogP contribution in [0.4, 0.5) is 11.5 Å². The Labute approximate surface area is 110 Å². The van der Waals surface area contributed by atoms with E-state index in [0.717, 1.165) is 0 Å². The molecule has 98 valence electrons. The van der Waals surface area contributed by atoms with Crippen molar-refractivity contribution < 1.29 is 14.6 Å². The molecule has 1 aromatic heterocycles. The summed E-state index contributed by atoms with van der Waals surface area (Å²) in [4.78, 5) is 12.8. The highest BCUT2D eigenvalue weighted by molar-refractivity contribution is 5.94. The van der Waals surface area contributed by atoms with Gasteiger partial charge in [-0.2, -0.15) is 5.10 Å². The van der Waals surface area contributed by atoms with Crippen molar-refractivity contribution in [1.29, 1.82) is 0 Å². The molecule has 0 aliphatic rings. The summed E-state index contributed by atoms with van der Waals surface area (Å²) in [6.07, 6.45) is 1.35. The smallest absolute Gasteiger partial charge is 0.339 e. The van der Waals surface area contributed by atoms with E-state index in [-0.39, 0.29) is 11.4 Å². The Bertz CT molecular complexity index is 601. The number of methoxy groups -OCH3 is 1. The van der Waals surface area contributed by atoms with E-state index >= 15 is 0 Å². The van der Waals surface area contributed by atoms with E-state index in [1.54, 1.807) is 25.1 Å². The van der Waals surface area contributed by atoms with Gasteiger partial charge in [0.15, 0.2) is 5.82 Å². The van der Waals surface area contributed by atoms with Crippen LogP contribution in [-0.4, -0.2) is 35.4 Å². The van der Waals surface area contributed by atoms with Gasteiger partial charge in [0.05, 0.1) is 19.0 Å². The standard InChI is InChI=1S/C13H13N3O3/c1-16(10-5-3-4-6-11(10)19-2)12-9(13(17)18)7-8-14-15-12/h3-8H,1-2H3,(H,17,18). The molecule has 2 rings (SSSR count). The Morgan fingerprint density at radius 2 is 2.05 bits per heavy atom. The Morgan fingerprint density at radius 1 is 1.32 bits per heavy atom. The number of aromatic carboxylic acids is 1. The van der Waals surface area contributed by atoms with Crippen LogP contribution in [0.15, 0.2) is 36.5 Å². The largest absolute Gasteiger partial charge is 0.495 e. The zero-order valence-corrected chi connectivity index (χ0v) is 10.6. The molecule has 0 atom stereocenters. The highest BCUT2D eigenvalue weighted by Crippen LogP contribution is 2.32. The fraction of sp³-hybridized carbons (Fsp3) is 0.154. The van der Waals surface area contributed by atoms with Crippen LogP contribution in [0.5, 0.6) is 5.75 Å². The first-order valence-corrected chi connectivity index (χ1v) is 5.57. The number of para-hydroxylation sites is 2. The molecule has 2 aromatic rings. The maximum Gasteiger partial charge on any atom is 0.339 e. The van der Waals surface area contributed by atoms with Crippen molar-refractivity contribution in [2.24, 2.45) is 0 Å². The highest BCUT2D eigenvalue weighted by Gasteiger charge is 2.18. The highest BCUT2D eigenvalue weighted by atomic mass is 16.5. The minimum absolute atomic E-state index is 0.0865. The second kappa shape index (κ2) is 5.34. The van der Waals surface area contributed by atoms with Crippen LogP contribution in [0.2, 0.25) is 0 Å². The first kappa shape index (κ1) is 12.8. The second-order valence-corrected chi connectivity index (χ2v) is 3.80. The third-order valence-electron chi connectivity index (χ3n) is 2.70. The quantitative estimate of drug-likeness (QED) is 0.904. The number of carbonyl (C=O) groups is 1. The van der Waals surface area contributed by atoms with Gasteiger partial charge in [-0.1, -0.05) is 12.1 Å². The summed E-state index contributed by atoms with van der Waals surface area (Å²) in [5.74, 6) is -0.155. The SMILES string of the molecule is COc1ccccc1N(C)c1nnccc1C(=O)O. The number of ether oxygens (including phenoxy) is 1. The van der Waals surface area contributed by atoms with Crippen LogP contribution < -0.4 is 9.64 Å². The van der Waals surface area contributed by atoms with Crippen molar-refractivity contribution in [3.8, 4) is 5.75 Å². The van der Waals surface area contributed by atoms with Crippen LogP contribution in [0.1, 0.15) is 10.4 Å². The van der Waals surface area contributed by atoms with Crippen molar-refractivity contribution in [2.45, 2.75) is 0 Å². The number of benzene rings is 1. The Kier molecular flexibility index (Phi) is 3.61. The average molecular weight is 259 g/mol. The van der Waals surface area contributed by atoms with Gasteiger partial charge in [-0.3, -0.25) is 0 Å². The lowest BCUT2D eigenvalue weighted by Gasteiger charge is -2.21. The fourth-order valence-corrected chi connectivity index (χ4v) is 1.76. The van der Waals surface area contributed by atoms with E-state index in [2.05, 4.69) is 10.2 Å². The molecule has 0 fully saturated rings. The Hall–Kier alpha value is -2.63. The first-order valence-electron chi connectivity index (χ1n) is 5.57. The molecule has 0 amide bonds. The van der Waals surface area contributed by atoms with Crippen LogP contribution in [-0.2, 0) is 0 Å². The van der Waals surface area contributed by atoms with Crippen LogP contribution in [0, 0.1) is 0 Å². The number of hydrogen-bond donors (Lipinski definition) is 1. The number of aromatic nitrogens is 2.